The van der Waals surface area contributed by atoms with Crippen LogP contribution in [0.15, 0.2) is 17.1 Å². The summed E-state index contributed by atoms with van der Waals surface area (Å²) in [7, 11) is 3.44. The topological polar surface area (TPSA) is 35.9 Å². The van der Waals surface area contributed by atoms with Crippen LogP contribution in [-0.2, 0) is 0 Å². The number of carbonyl (C=O) groups excluding carboxylic acids is 1. The fourth-order valence-electron chi connectivity index (χ4n) is 2.24. The van der Waals surface area contributed by atoms with Gasteiger partial charge in [-0.05, 0) is 50.5 Å². The Kier molecular flexibility index (Phi) is 7.45. The first-order valence-corrected chi connectivity index (χ1v) is 8.23. The maximum Gasteiger partial charge on any atom is 0.389 e. The van der Waals surface area contributed by atoms with Gasteiger partial charge < -0.3 is 9.80 Å². The van der Waals surface area contributed by atoms with Gasteiger partial charge >= 0.3 is 6.18 Å². The molecule has 0 saturated heterocycles. The van der Waals surface area contributed by atoms with E-state index in [2.05, 4.69) is 4.99 Å². The molecule has 0 fully saturated rings. The lowest BCUT2D eigenvalue weighted by Crippen LogP contribution is -2.29. The molecular formula is C18H26F3N3O. The van der Waals surface area contributed by atoms with Crippen molar-refractivity contribution in [3.63, 3.8) is 0 Å². The van der Waals surface area contributed by atoms with Crippen LogP contribution in [0.25, 0.3) is 0 Å². The molecule has 0 saturated carbocycles. The number of alkyl halides is 3. The van der Waals surface area contributed by atoms with Gasteiger partial charge in [-0.25, -0.2) is 4.99 Å². The zero-order valence-electron chi connectivity index (χ0n) is 15.4. The minimum absolute atomic E-state index is 0.0675. The maximum atomic E-state index is 12.5. The van der Waals surface area contributed by atoms with E-state index < -0.39 is 12.6 Å². The smallest absolute Gasteiger partial charge is 0.366 e. The van der Waals surface area contributed by atoms with Crippen LogP contribution >= 0.6 is 0 Å². The first kappa shape index (κ1) is 21.0. The minimum Gasteiger partial charge on any atom is -0.366 e. The van der Waals surface area contributed by atoms with Crippen molar-refractivity contribution in [2.45, 2.75) is 39.8 Å². The highest BCUT2D eigenvalue weighted by atomic mass is 19.4. The van der Waals surface area contributed by atoms with Crippen LogP contribution < -0.4 is 0 Å². The monoisotopic (exact) mass is 357 g/mol. The molecule has 0 N–H and O–H groups in total. The number of aliphatic imine (C=N–C) groups is 1. The fourth-order valence-corrected chi connectivity index (χ4v) is 2.24. The molecule has 0 aromatic heterocycles. The third-order valence-electron chi connectivity index (χ3n) is 3.97. The van der Waals surface area contributed by atoms with Crippen molar-refractivity contribution in [3.8, 4) is 0 Å². The average molecular weight is 357 g/mol. The molecule has 0 bridgehead atoms. The fraction of sp³-hybridized carbons (Fsp3) is 0.556. The quantitative estimate of drug-likeness (QED) is 0.538. The number of amides is 1. The molecule has 0 aliphatic heterocycles. The van der Waals surface area contributed by atoms with Gasteiger partial charge in [-0.2, -0.15) is 13.2 Å². The van der Waals surface area contributed by atoms with E-state index in [1.54, 1.807) is 19.3 Å². The van der Waals surface area contributed by atoms with Crippen LogP contribution in [0.1, 0.15) is 41.3 Å². The van der Waals surface area contributed by atoms with Gasteiger partial charge in [0.25, 0.3) is 5.91 Å². The molecule has 25 heavy (non-hydrogen) atoms. The number of benzene rings is 1. The molecule has 1 aromatic carbocycles. The molecule has 0 heterocycles. The third-order valence-corrected chi connectivity index (χ3v) is 3.97. The zero-order chi connectivity index (χ0) is 19.2. The van der Waals surface area contributed by atoms with E-state index in [0.717, 1.165) is 23.4 Å². The van der Waals surface area contributed by atoms with E-state index in [9.17, 15) is 18.0 Å². The van der Waals surface area contributed by atoms with Crippen molar-refractivity contribution in [2.24, 2.45) is 4.99 Å². The molecule has 7 heteroatoms. The average Bonchev–Trinajstić information content (AvgIpc) is 2.52. The molecule has 140 valence electrons. The summed E-state index contributed by atoms with van der Waals surface area (Å²) in [6, 6.07) is 3.57. The second kappa shape index (κ2) is 8.87. The molecular weight excluding hydrogens is 331 g/mol. The SMILES string of the molecule is CCN(C)C=Nc1cc(C)c(C(=O)N(C)CCCC(F)(F)F)cc1C. The summed E-state index contributed by atoms with van der Waals surface area (Å²) >= 11 is 0. The number of aryl methyl sites for hydroxylation is 2. The Bertz CT molecular complexity index is 627. The van der Waals surface area contributed by atoms with Crippen LogP contribution in [-0.4, -0.2) is 55.4 Å². The molecule has 0 radical (unpaired) electrons. The van der Waals surface area contributed by atoms with Crippen molar-refractivity contribution in [1.82, 2.24) is 9.80 Å². The predicted molar refractivity (Wildman–Crippen MR) is 94.6 cm³/mol. The maximum absolute atomic E-state index is 12.5. The second-order valence-corrected chi connectivity index (χ2v) is 6.22. The summed E-state index contributed by atoms with van der Waals surface area (Å²) < 4.78 is 36.7. The molecule has 0 unspecified atom stereocenters. The van der Waals surface area contributed by atoms with Gasteiger partial charge in [-0.3, -0.25) is 4.79 Å². The lowest BCUT2D eigenvalue weighted by molar-refractivity contribution is -0.135. The summed E-state index contributed by atoms with van der Waals surface area (Å²) in [5.41, 5.74) is 2.87. The van der Waals surface area contributed by atoms with E-state index >= 15 is 0 Å². The van der Waals surface area contributed by atoms with Gasteiger partial charge in [-0.1, -0.05) is 0 Å². The van der Waals surface area contributed by atoms with Crippen LogP contribution in [0.5, 0.6) is 0 Å². The van der Waals surface area contributed by atoms with Crippen molar-refractivity contribution in [1.29, 1.82) is 0 Å². The van der Waals surface area contributed by atoms with Gasteiger partial charge in [0.2, 0.25) is 0 Å². The summed E-state index contributed by atoms with van der Waals surface area (Å²) in [6.07, 6.45) is -3.45. The Morgan fingerprint density at radius 2 is 1.84 bits per heavy atom. The molecule has 1 amide bonds. The second-order valence-electron chi connectivity index (χ2n) is 6.22. The van der Waals surface area contributed by atoms with E-state index in [1.807, 2.05) is 31.9 Å². The number of hydrogen-bond donors (Lipinski definition) is 0. The third kappa shape index (κ3) is 6.76. The highest BCUT2D eigenvalue weighted by molar-refractivity contribution is 5.96. The summed E-state index contributed by atoms with van der Waals surface area (Å²) in [6.45, 7) is 6.58. The molecule has 0 spiro atoms. The van der Waals surface area contributed by atoms with E-state index in [1.165, 1.54) is 11.9 Å². The lowest BCUT2D eigenvalue weighted by atomic mass is 10.0. The molecule has 0 aliphatic carbocycles. The number of rotatable bonds is 7. The van der Waals surface area contributed by atoms with E-state index in [-0.39, 0.29) is 18.9 Å². The zero-order valence-corrected chi connectivity index (χ0v) is 15.4. The lowest BCUT2D eigenvalue weighted by Gasteiger charge is -2.19. The first-order valence-electron chi connectivity index (χ1n) is 8.23. The normalized spacial score (nSPS) is 11.8. The van der Waals surface area contributed by atoms with Crippen LogP contribution in [0.2, 0.25) is 0 Å². The van der Waals surface area contributed by atoms with Gasteiger partial charge in [0.15, 0.2) is 0 Å². The summed E-state index contributed by atoms with van der Waals surface area (Å²) in [4.78, 5) is 20.2. The first-order chi connectivity index (χ1) is 11.5. The molecule has 0 aliphatic rings. The Labute approximate surface area is 147 Å². The van der Waals surface area contributed by atoms with Crippen LogP contribution in [0, 0.1) is 13.8 Å². The molecule has 1 aromatic rings. The number of nitrogens with zero attached hydrogens (tertiary/aromatic N) is 3. The Hall–Kier alpha value is -2.05. The van der Waals surface area contributed by atoms with E-state index in [4.69, 9.17) is 0 Å². The van der Waals surface area contributed by atoms with Gasteiger partial charge in [0.05, 0.1) is 12.0 Å². The molecule has 0 atom stereocenters. The Morgan fingerprint density at radius 1 is 1.20 bits per heavy atom. The summed E-state index contributed by atoms with van der Waals surface area (Å²) in [5, 5.41) is 0. The molecule has 4 nitrogen and oxygen atoms in total. The highest BCUT2D eigenvalue weighted by Crippen LogP contribution is 2.25. The summed E-state index contributed by atoms with van der Waals surface area (Å²) in [5.74, 6) is -0.274. The number of hydrogen-bond acceptors (Lipinski definition) is 2. The van der Waals surface area contributed by atoms with E-state index in [0.29, 0.717) is 5.56 Å². The minimum atomic E-state index is -4.19. The largest absolute Gasteiger partial charge is 0.389 e. The van der Waals surface area contributed by atoms with Gasteiger partial charge in [-0.15, -0.1) is 0 Å². The number of carbonyl (C=O) groups is 1. The van der Waals surface area contributed by atoms with Crippen molar-refractivity contribution >= 4 is 17.9 Å². The van der Waals surface area contributed by atoms with Crippen LogP contribution in [0.3, 0.4) is 0 Å². The van der Waals surface area contributed by atoms with Crippen molar-refractivity contribution in [3.05, 3.63) is 28.8 Å². The van der Waals surface area contributed by atoms with Gasteiger partial charge in [0.1, 0.15) is 0 Å². The van der Waals surface area contributed by atoms with Crippen LogP contribution in [0.4, 0.5) is 18.9 Å². The highest BCUT2D eigenvalue weighted by Gasteiger charge is 2.26. The van der Waals surface area contributed by atoms with Crippen molar-refractivity contribution < 1.29 is 18.0 Å². The Balaban J connectivity index is 2.86. The van der Waals surface area contributed by atoms with Crippen molar-refractivity contribution in [2.75, 3.05) is 27.2 Å². The predicted octanol–water partition coefficient (Wildman–Crippen LogP) is 4.33. The number of halogens is 3. The Morgan fingerprint density at radius 3 is 2.40 bits per heavy atom. The molecule has 1 rings (SSSR count). The van der Waals surface area contributed by atoms with Gasteiger partial charge in [0, 0.05) is 39.2 Å². The standard InChI is InChI=1S/C18H26F3N3O/c1-6-23(4)12-22-16-11-13(2)15(10-14(16)3)17(25)24(5)9-7-8-18(19,20)21/h10-12H,6-9H2,1-5H3.